The summed E-state index contributed by atoms with van der Waals surface area (Å²) in [6.07, 6.45) is 0. The van der Waals surface area contributed by atoms with E-state index in [2.05, 4.69) is 11.2 Å². The lowest BCUT2D eigenvalue weighted by molar-refractivity contribution is -0.384. The molecule has 106 valence electrons. The van der Waals surface area contributed by atoms with Crippen molar-refractivity contribution < 1.29 is 4.92 Å². The second kappa shape index (κ2) is 4.96. The summed E-state index contributed by atoms with van der Waals surface area (Å²) in [5.74, 6) is 0.0981. The van der Waals surface area contributed by atoms with E-state index < -0.39 is 4.92 Å². The molecule has 20 heavy (non-hydrogen) atoms. The van der Waals surface area contributed by atoms with Crippen molar-refractivity contribution in [2.24, 2.45) is 0 Å². The minimum atomic E-state index is -0.482. The van der Waals surface area contributed by atoms with Gasteiger partial charge in [-0.05, 0) is 38.8 Å². The molecule has 6 heteroatoms. The second-order valence-electron chi connectivity index (χ2n) is 5.06. The fourth-order valence-corrected chi connectivity index (χ4v) is 2.42. The van der Waals surface area contributed by atoms with Gasteiger partial charge in [-0.15, -0.1) is 0 Å². The van der Waals surface area contributed by atoms with Gasteiger partial charge in [0.05, 0.1) is 11.0 Å². The first-order valence-corrected chi connectivity index (χ1v) is 6.39. The van der Waals surface area contributed by atoms with Gasteiger partial charge in [0.25, 0.3) is 0 Å². The molecule has 0 bridgehead atoms. The largest absolute Gasteiger partial charge is 0.378 e. The van der Waals surface area contributed by atoms with Crippen molar-refractivity contribution in [2.45, 2.75) is 33.7 Å². The molecule has 0 spiro atoms. The summed E-state index contributed by atoms with van der Waals surface area (Å²) in [7, 11) is 0. The van der Waals surface area contributed by atoms with E-state index in [0.717, 1.165) is 16.7 Å². The number of hydrogen-bond donors (Lipinski definition) is 1. The first kappa shape index (κ1) is 14.0. The maximum atomic E-state index is 11.0. The maximum Gasteiger partial charge on any atom is 0.333 e. The number of rotatable bonds is 3. The zero-order chi connectivity index (χ0) is 15.0. The minimum absolute atomic E-state index is 0.0981. The molecule has 0 amide bonds. The van der Waals surface area contributed by atoms with Gasteiger partial charge in [-0.25, -0.2) is 4.68 Å². The molecule has 0 saturated carbocycles. The van der Waals surface area contributed by atoms with Crippen molar-refractivity contribution >= 4 is 11.5 Å². The second-order valence-corrected chi connectivity index (χ2v) is 5.06. The van der Waals surface area contributed by atoms with Crippen LogP contribution in [-0.4, -0.2) is 14.7 Å². The molecule has 0 aliphatic rings. The van der Waals surface area contributed by atoms with Crippen LogP contribution >= 0.6 is 0 Å². The number of aromatic nitrogens is 2. The molecule has 2 rings (SSSR count). The molecule has 1 unspecified atom stereocenters. The molecule has 0 aliphatic heterocycles. The molecule has 1 aromatic heterocycles. The number of nitrogens with two attached hydrogens (primary N) is 1. The van der Waals surface area contributed by atoms with Gasteiger partial charge in [-0.1, -0.05) is 23.8 Å². The summed E-state index contributed by atoms with van der Waals surface area (Å²) in [5, 5.41) is 15.2. The number of anilines is 1. The van der Waals surface area contributed by atoms with Crippen LogP contribution in [0.3, 0.4) is 0 Å². The molecule has 0 fully saturated rings. The topological polar surface area (TPSA) is 87.0 Å². The van der Waals surface area contributed by atoms with Gasteiger partial charge in [0.2, 0.25) is 5.82 Å². The Morgan fingerprint density at radius 3 is 2.55 bits per heavy atom. The number of nitrogen functional groups attached to an aromatic ring is 1. The SMILES string of the molecule is Cc1ccc(C)c(C(C)n2nc(C)c([N+](=O)[O-])c2N)c1. The van der Waals surface area contributed by atoms with Crippen LogP contribution in [0.4, 0.5) is 11.5 Å². The van der Waals surface area contributed by atoms with Gasteiger partial charge in [-0.3, -0.25) is 10.1 Å². The maximum absolute atomic E-state index is 11.0. The third-order valence-electron chi connectivity index (χ3n) is 3.52. The molecule has 1 atom stereocenters. The van der Waals surface area contributed by atoms with Crippen LogP contribution in [0.15, 0.2) is 18.2 Å². The van der Waals surface area contributed by atoms with Crippen molar-refractivity contribution in [1.29, 1.82) is 0 Å². The standard InChI is InChI=1S/C14H18N4O2/c1-8-5-6-9(2)12(7-8)11(4)17-14(15)13(18(19)20)10(3)16-17/h5-7,11H,15H2,1-4H3. The highest BCUT2D eigenvalue weighted by Gasteiger charge is 2.26. The van der Waals surface area contributed by atoms with Crippen molar-refractivity contribution in [2.75, 3.05) is 5.73 Å². The van der Waals surface area contributed by atoms with E-state index in [4.69, 9.17) is 5.73 Å². The van der Waals surface area contributed by atoms with Crippen LogP contribution in [-0.2, 0) is 0 Å². The number of nitrogens with zero attached hydrogens (tertiary/aromatic N) is 3. The van der Waals surface area contributed by atoms with Gasteiger partial charge in [0.15, 0.2) is 0 Å². The van der Waals surface area contributed by atoms with E-state index in [1.807, 2.05) is 32.9 Å². The molecule has 6 nitrogen and oxygen atoms in total. The number of aryl methyl sites for hydroxylation is 3. The predicted octanol–water partition coefficient (Wildman–Crippen LogP) is 2.91. The molecular formula is C14H18N4O2. The van der Waals surface area contributed by atoms with Crippen LogP contribution in [0.2, 0.25) is 0 Å². The smallest absolute Gasteiger partial charge is 0.333 e. The lowest BCUT2D eigenvalue weighted by Gasteiger charge is -2.17. The lowest BCUT2D eigenvalue weighted by Crippen LogP contribution is -2.13. The summed E-state index contributed by atoms with van der Waals surface area (Å²) in [6, 6.07) is 5.97. The molecule has 0 radical (unpaired) electrons. The molecule has 1 heterocycles. The fourth-order valence-electron chi connectivity index (χ4n) is 2.42. The molecular weight excluding hydrogens is 256 g/mol. The van der Waals surface area contributed by atoms with Gasteiger partial charge in [-0.2, -0.15) is 5.10 Å². The van der Waals surface area contributed by atoms with Gasteiger partial charge in [0, 0.05) is 0 Å². The Morgan fingerprint density at radius 1 is 1.35 bits per heavy atom. The monoisotopic (exact) mass is 274 g/mol. The number of hydrogen-bond acceptors (Lipinski definition) is 4. The summed E-state index contributed by atoms with van der Waals surface area (Å²) < 4.78 is 1.52. The van der Waals surface area contributed by atoms with E-state index in [1.54, 1.807) is 6.92 Å². The molecule has 0 aliphatic carbocycles. The Bertz CT molecular complexity index is 676. The number of nitro groups is 1. The normalized spacial score (nSPS) is 12.4. The number of benzene rings is 1. The first-order chi connectivity index (χ1) is 9.32. The summed E-state index contributed by atoms with van der Waals surface area (Å²) in [6.45, 7) is 7.55. The van der Waals surface area contributed by atoms with E-state index in [-0.39, 0.29) is 17.5 Å². The van der Waals surface area contributed by atoms with Crippen molar-refractivity contribution in [3.05, 3.63) is 50.7 Å². The van der Waals surface area contributed by atoms with Crippen LogP contribution in [0, 0.1) is 30.9 Å². The molecule has 0 saturated heterocycles. The van der Waals surface area contributed by atoms with Crippen molar-refractivity contribution in [3.63, 3.8) is 0 Å². The van der Waals surface area contributed by atoms with Crippen molar-refractivity contribution in [1.82, 2.24) is 9.78 Å². The van der Waals surface area contributed by atoms with Crippen LogP contribution in [0.5, 0.6) is 0 Å². The average Bonchev–Trinajstić information content (AvgIpc) is 2.67. The summed E-state index contributed by atoms with van der Waals surface area (Å²) in [4.78, 5) is 10.5. The first-order valence-electron chi connectivity index (χ1n) is 6.39. The third kappa shape index (κ3) is 2.24. The highest BCUT2D eigenvalue weighted by Crippen LogP contribution is 2.31. The van der Waals surface area contributed by atoms with Crippen molar-refractivity contribution in [3.8, 4) is 0 Å². The average molecular weight is 274 g/mol. The summed E-state index contributed by atoms with van der Waals surface area (Å²) in [5.41, 5.74) is 9.43. The lowest BCUT2D eigenvalue weighted by atomic mass is 10.0. The Labute approximate surface area is 117 Å². The highest BCUT2D eigenvalue weighted by molar-refractivity contribution is 5.56. The fraction of sp³-hybridized carbons (Fsp3) is 0.357. The Balaban J connectivity index is 2.54. The minimum Gasteiger partial charge on any atom is -0.378 e. The Morgan fingerprint density at radius 2 is 2.00 bits per heavy atom. The van der Waals surface area contributed by atoms with Crippen LogP contribution in [0.1, 0.15) is 35.3 Å². The Kier molecular flexibility index (Phi) is 3.48. The summed E-state index contributed by atoms with van der Waals surface area (Å²) >= 11 is 0. The highest BCUT2D eigenvalue weighted by atomic mass is 16.6. The van der Waals surface area contributed by atoms with Gasteiger partial charge >= 0.3 is 5.69 Å². The molecule has 1 aromatic carbocycles. The predicted molar refractivity (Wildman–Crippen MR) is 77.8 cm³/mol. The third-order valence-corrected chi connectivity index (χ3v) is 3.52. The quantitative estimate of drug-likeness (QED) is 0.688. The van der Waals surface area contributed by atoms with Crippen LogP contribution < -0.4 is 5.73 Å². The van der Waals surface area contributed by atoms with E-state index >= 15 is 0 Å². The zero-order valence-electron chi connectivity index (χ0n) is 12.0. The zero-order valence-corrected chi connectivity index (χ0v) is 12.0. The van der Waals surface area contributed by atoms with E-state index in [9.17, 15) is 10.1 Å². The van der Waals surface area contributed by atoms with Crippen LogP contribution in [0.25, 0.3) is 0 Å². The Hall–Kier alpha value is -2.37. The molecule has 2 N–H and O–H groups in total. The van der Waals surface area contributed by atoms with E-state index in [1.165, 1.54) is 4.68 Å². The van der Waals surface area contributed by atoms with Gasteiger partial charge in [0.1, 0.15) is 5.69 Å². The molecule has 2 aromatic rings. The van der Waals surface area contributed by atoms with Gasteiger partial charge < -0.3 is 5.73 Å². The van der Waals surface area contributed by atoms with E-state index in [0.29, 0.717) is 5.69 Å².